The maximum Gasteiger partial charge on any atom is 0.264 e. The van der Waals surface area contributed by atoms with Crippen molar-refractivity contribution in [3.63, 3.8) is 0 Å². The van der Waals surface area contributed by atoms with Crippen LogP contribution < -0.4 is 14.4 Å². The van der Waals surface area contributed by atoms with Gasteiger partial charge in [0, 0.05) is 0 Å². The van der Waals surface area contributed by atoms with Crippen LogP contribution in [0.2, 0.25) is 0 Å². The molecule has 7 heteroatoms. The van der Waals surface area contributed by atoms with E-state index in [2.05, 4.69) is 5.32 Å². The molecule has 0 bridgehead atoms. The summed E-state index contributed by atoms with van der Waals surface area (Å²) in [4.78, 5) is 13.2. The number of aryl methyl sites for hydroxylation is 2. The van der Waals surface area contributed by atoms with E-state index < -0.39 is 10.0 Å². The highest BCUT2D eigenvalue weighted by Gasteiger charge is 2.28. The number of anilines is 1. The Morgan fingerprint density at radius 2 is 1.45 bits per heavy atom. The van der Waals surface area contributed by atoms with Gasteiger partial charge in [-0.3, -0.25) is 9.10 Å². The SMILES string of the molecule is CC[C@@H](NC(=O)CN(c1ccc(OC)cc1)S(=O)(=O)c1ccc(C)cc1)c1ccc(C)cc1. The number of methoxy groups -OCH3 is 1. The molecule has 174 valence electrons. The average Bonchev–Trinajstić information content (AvgIpc) is 2.82. The fourth-order valence-corrected chi connectivity index (χ4v) is 4.91. The van der Waals surface area contributed by atoms with Crippen molar-refractivity contribution >= 4 is 21.6 Å². The first kappa shape index (κ1) is 24.3. The van der Waals surface area contributed by atoms with Crippen LogP contribution in [0.4, 0.5) is 5.69 Å². The number of hydrogen-bond donors (Lipinski definition) is 1. The number of nitrogens with zero attached hydrogens (tertiary/aromatic N) is 1. The summed E-state index contributed by atoms with van der Waals surface area (Å²) < 4.78 is 33.3. The van der Waals surface area contributed by atoms with Gasteiger partial charge in [-0.15, -0.1) is 0 Å². The van der Waals surface area contributed by atoms with Crippen molar-refractivity contribution in [2.24, 2.45) is 0 Å². The molecule has 3 rings (SSSR count). The minimum atomic E-state index is -3.97. The largest absolute Gasteiger partial charge is 0.497 e. The van der Waals surface area contributed by atoms with Gasteiger partial charge in [0.2, 0.25) is 5.91 Å². The summed E-state index contributed by atoms with van der Waals surface area (Å²) in [6.45, 7) is 5.53. The molecule has 0 saturated carbocycles. The minimum Gasteiger partial charge on any atom is -0.497 e. The van der Waals surface area contributed by atoms with Crippen molar-refractivity contribution < 1.29 is 17.9 Å². The van der Waals surface area contributed by atoms with E-state index in [1.165, 1.54) is 0 Å². The third kappa shape index (κ3) is 5.93. The highest BCUT2D eigenvalue weighted by atomic mass is 32.2. The molecule has 0 spiro atoms. The molecule has 0 heterocycles. The van der Waals surface area contributed by atoms with Crippen LogP contribution in [0.25, 0.3) is 0 Å². The Kier molecular flexibility index (Phi) is 7.76. The topological polar surface area (TPSA) is 75.7 Å². The number of carbonyl (C=O) groups excluding carboxylic acids is 1. The van der Waals surface area contributed by atoms with Gasteiger partial charge in [-0.2, -0.15) is 0 Å². The molecule has 1 atom stereocenters. The van der Waals surface area contributed by atoms with Crippen LogP contribution in [0.1, 0.15) is 36.1 Å². The molecule has 0 unspecified atom stereocenters. The van der Waals surface area contributed by atoms with Crippen molar-refractivity contribution in [1.82, 2.24) is 5.32 Å². The molecule has 0 aromatic heterocycles. The molecule has 1 N–H and O–H groups in total. The van der Waals surface area contributed by atoms with Gasteiger partial charge in [-0.1, -0.05) is 54.4 Å². The van der Waals surface area contributed by atoms with Crippen LogP contribution in [0, 0.1) is 13.8 Å². The minimum absolute atomic E-state index is 0.127. The first-order chi connectivity index (χ1) is 15.7. The van der Waals surface area contributed by atoms with Crippen molar-refractivity contribution in [1.29, 1.82) is 0 Å². The smallest absolute Gasteiger partial charge is 0.264 e. The summed E-state index contributed by atoms with van der Waals surface area (Å²) in [6.07, 6.45) is 0.683. The molecule has 0 fully saturated rings. The predicted octanol–water partition coefficient (Wildman–Crippen LogP) is 4.77. The molecule has 33 heavy (non-hydrogen) atoms. The van der Waals surface area contributed by atoms with Crippen LogP contribution in [-0.4, -0.2) is 28.0 Å². The summed E-state index contributed by atoms with van der Waals surface area (Å²) in [5, 5.41) is 2.99. The average molecular weight is 467 g/mol. The summed E-state index contributed by atoms with van der Waals surface area (Å²) in [6, 6.07) is 20.9. The quantitative estimate of drug-likeness (QED) is 0.493. The Labute approximate surface area is 196 Å². The van der Waals surface area contributed by atoms with E-state index in [1.807, 2.05) is 45.0 Å². The van der Waals surface area contributed by atoms with Gasteiger partial charge in [0.1, 0.15) is 12.3 Å². The lowest BCUT2D eigenvalue weighted by Crippen LogP contribution is -2.42. The van der Waals surface area contributed by atoms with Crippen LogP contribution in [-0.2, 0) is 14.8 Å². The number of hydrogen-bond acceptors (Lipinski definition) is 4. The number of ether oxygens (including phenoxy) is 1. The highest BCUT2D eigenvalue weighted by Crippen LogP contribution is 2.26. The second-order valence-corrected chi connectivity index (χ2v) is 9.82. The van der Waals surface area contributed by atoms with E-state index in [0.29, 0.717) is 17.9 Å². The fourth-order valence-electron chi connectivity index (χ4n) is 3.49. The van der Waals surface area contributed by atoms with Crippen LogP contribution in [0.15, 0.2) is 77.7 Å². The lowest BCUT2D eigenvalue weighted by molar-refractivity contribution is -0.120. The Bertz CT molecular complexity index is 1170. The zero-order valence-corrected chi connectivity index (χ0v) is 20.2. The monoisotopic (exact) mass is 466 g/mol. The van der Waals surface area contributed by atoms with Gasteiger partial charge in [-0.05, 0) is 62.2 Å². The zero-order valence-electron chi connectivity index (χ0n) is 19.4. The van der Waals surface area contributed by atoms with Crippen molar-refractivity contribution in [2.75, 3.05) is 18.0 Å². The Balaban J connectivity index is 1.90. The first-order valence-electron chi connectivity index (χ1n) is 10.8. The maximum absolute atomic E-state index is 13.5. The van der Waals surface area contributed by atoms with Gasteiger partial charge >= 0.3 is 0 Å². The zero-order chi connectivity index (χ0) is 24.0. The Hall–Kier alpha value is -3.32. The maximum atomic E-state index is 13.5. The number of rotatable bonds is 9. The third-order valence-electron chi connectivity index (χ3n) is 5.48. The first-order valence-corrected chi connectivity index (χ1v) is 12.3. The molecule has 1 amide bonds. The van der Waals surface area contributed by atoms with Crippen molar-refractivity contribution in [3.05, 3.63) is 89.5 Å². The number of carbonyl (C=O) groups is 1. The van der Waals surface area contributed by atoms with Crippen molar-refractivity contribution in [3.8, 4) is 5.75 Å². The van der Waals surface area contributed by atoms with Gasteiger partial charge in [-0.25, -0.2) is 8.42 Å². The molecule has 0 radical (unpaired) electrons. The van der Waals surface area contributed by atoms with Gasteiger partial charge < -0.3 is 10.1 Å². The molecule has 0 aliphatic carbocycles. The standard InChI is InChI=1S/C26H30N2O4S/c1-5-25(21-10-6-19(2)7-11-21)27-26(29)18-28(22-12-14-23(32-4)15-13-22)33(30,31)24-16-8-20(3)9-17-24/h6-17,25H,5,18H2,1-4H3,(H,27,29)/t25-/m1/s1. The molecule has 0 saturated heterocycles. The van der Waals surface area contributed by atoms with Crippen LogP contribution >= 0.6 is 0 Å². The second kappa shape index (κ2) is 10.5. The molecule has 0 aliphatic rings. The summed E-state index contributed by atoms with van der Waals surface area (Å²) in [5.74, 6) is 0.218. The number of nitrogens with one attached hydrogen (secondary N) is 1. The van der Waals surface area contributed by atoms with E-state index >= 15 is 0 Å². The lowest BCUT2D eigenvalue weighted by Gasteiger charge is -2.26. The van der Waals surface area contributed by atoms with Crippen LogP contribution in [0.5, 0.6) is 5.75 Å². The van der Waals surface area contributed by atoms with Gasteiger partial charge in [0.25, 0.3) is 10.0 Å². The lowest BCUT2D eigenvalue weighted by atomic mass is 10.0. The molecule has 3 aromatic carbocycles. The van der Waals surface area contributed by atoms with Crippen LogP contribution in [0.3, 0.4) is 0 Å². The van der Waals surface area contributed by atoms with E-state index in [-0.39, 0.29) is 23.4 Å². The molecular weight excluding hydrogens is 436 g/mol. The summed E-state index contributed by atoms with van der Waals surface area (Å²) >= 11 is 0. The Morgan fingerprint density at radius 3 is 1.97 bits per heavy atom. The highest BCUT2D eigenvalue weighted by molar-refractivity contribution is 7.92. The van der Waals surface area contributed by atoms with E-state index in [1.54, 1.807) is 55.6 Å². The van der Waals surface area contributed by atoms with E-state index in [0.717, 1.165) is 21.0 Å². The third-order valence-corrected chi connectivity index (χ3v) is 7.27. The van der Waals surface area contributed by atoms with Gasteiger partial charge in [0.05, 0.1) is 23.7 Å². The number of amides is 1. The van der Waals surface area contributed by atoms with Gasteiger partial charge in [0.15, 0.2) is 0 Å². The number of benzene rings is 3. The summed E-state index contributed by atoms with van der Waals surface area (Å²) in [5.41, 5.74) is 3.45. The van der Waals surface area contributed by atoms with Crippen molar-refractivity contribution in [2.45, 2.75) is 38.1 Å². The van der Waals surface area contributed by atoms with E-state index in [9.17, 15) is 13.2 Å². The molecule has 0 aliphatic heterocycles. The molecule has 6 nitrogen and oxygen atoms in total. The molecule has 3 aromatic rings. The predicted molar refractivity (Wildman–Crippen MR) is 131 cm³/mol. The normalized spacial score (nSPS) is 12.1. The number of sulfonamides is 1. The Morgan fingerprint density at radius 1 is 0.909 bits per heavy atom. The van der Waals surface area contributed by atoms with E-state index in [4.69, 9.17) is 4.74 Å². The molecular formula is C26H30N2O4S. The fraction of sp³-hybridized carbons (Fsp3) is 0.269. The summed E-state index contributed by atoms with van der Waals surface area (Å²) in [7, 11) is -2.43. The second-order valence-electron chi connectivity index (χ2n) is 7.96.